The van der Waals surface area contributed by atoms with Crippen LogP contribution in [0.2, 0.25) is 0 Å². The van der Waals surface area contributed by atoms with Gasteiger partial charge in [-0.05, 0) is 74.7 Å². The molecule has 2 saturated carbocycles. The molecular formula is C24H37N3O6S. The summed E-state index contributed by atoms with van der Waals surface area (Å²) < 4.78 is 16.9. The van der Waals surface area contributed by atoms with Crippen molar-refractivity contribution in [2.45, 2.75) is 96.3 Å². The number of amidine groups is 1. The summed E-state index contributed by atoms with van der Waals surface area (Å²) in [5.74, 6) is -2.19. The van der Waals surface area contributed by atoms with E-state index in [9.17, 15) is 14.4 Å². The van der Waals surface area contributed by atoms with Crippen LogP contribution in [0.5, 0.6) is 0 Å². The zero-order chi connectivity index (χ0) is 25.7. The maximum Gasteiger partial charge on any atom is 0.408 e. The minimum Gasteiger partial charge on any atom is -0.460 e. The predicted octanol–water partition coefficient (Wildman–Crippen LogP) is 3.74. The molecule has 0 bridgehead atoms. The molecular weight excluding hydrogens is 458 g/mol. The number of ether oxygens (including phenoxy) is 3. The highest BCUT2D eigenvalue weighted by molar-refractivity contribution is 8.14. The van der Waals surface area contributed by atoms with Crippen LogP contribution in [-0.4, -0.2) is 63.6 Å². The maximum absolute atomic E-state index is 13.6. The molecule has 1 heterocycles. The number of alkyl carbamates (subject to hydrolysis) is 1. The van der Waals surface area contributed by atoms with Crippen molar-refractivity contribution in [3.63, 3.8) is 0 Å². The smallest absolute Gasteiger partial charge is 0.408 e. The number of thioether (sulfide) groups is 1. The summed E-state index contributed by atoms with van der Waals surface area (Å²) >= 11 is 1.43. The van der Waals surface area contributed by atoms with E-state index in [2.05, 4.69) is 15.3 Å². The van der Waals surface area contributed by atoms with E-state index in [1.165, 1.54) is 11.8 Å². The van der Waals surface area contributed by atoms with E-state index >= 15 is 0 Å². The first-order valence-electron chi connectivity index (χ1n) is 11.6. The van der Waals surface area contributed by atoms with Gasteiger partial charge in [-0.25, -0.2) is 14.6 Å². The number of hydrogen-bond donors (Lipinski definition) is 1. The van der Waals surface area contributed by atoms with Crippen LogP contribution in [0.4, 0.5) is 4.79 Å². The average molecular weight is 496 g/mol. The molecule has 1 N–H and O–H groups in total. The summed E-state index contributed by atoms with van der Waals surface area (Å²) in [4.78, 5) is 48.3. The van der Waals surface area contributed by atoms with Crippen LogP contribution in [0.25, 0.3) is 0 Å². The monoisotopic (exact) mass is 495 g/mol. The first kappa shape index (κ1) is 26.5. The SMILES string of the molecule is CC(C)(C)OC(=O)N[C@@]1(C(=O)OC(C)(C)C)C[C@H](SC2=NCC=N2)[C@H]2[C@H](C(=O)OC(C)(C)C)[C@H]21. The standard InChI is InChI=1S/C24H37N3O6S/c1-21(2,3)31-17(28)15-14-13(34-19-25-10-11-26-19)12-24(16(14)15,18(29)32-22(4,5)6)27-20(30)33-23(7,8)9/h10,13-16H,11-12H2,1-9H3,(H,27,30)/t13-,14-,15-,16-,24-/m0/s1. The van der Waals surface area contributed by atoms with Gasteiger partial charge in [0.15, 0.2) is 5.17 Å². The van der Waals surface area contributed by atoms with Crippen LogP contribution in [0.15, 0.2) is 9.98 Å². The van der Waals surface area contributed by atoms with Gasteiger partial charge in [0, 0.05) is 17.4 Å². The molecule has 34 heavy (non-hydrogen) atoms. The molecule has 0 aromatic heterocycles. The Balaban J connectivity index is 1.97. The number of esters is 2. The van der Waals surface area contributed by atoms with Crippen molar-refractivity contribution in [2.75, 3.05) is 6.54 Å². The molecule has 0 radical (unpaired) electrons. The van der Waals surface area contributed by atoms with Gasteiger partial charge in [0.2, 0.25) is 0 Å². The highest BCUT2D eigenvalue weighted by Gasteiger charge is 2.77. The van der Waals surface area contributed by atoms with Gasteiger partial charge in [0.05, 0.1) is 12.5 Å². The largest absolute Gasteiger partial charge is 0.460 e. The minimum atomic E-state index is -1.43. The predicted molar refractivity (Wildman–Crippen MR) is 131 cm³/mol. The number of nitrogens with one attached hydrogen (secondary N) is 1. The van der Waals surface area contributed by atoms with Crippen molar-refractivity contribution in [3.05, 3.63) is 0 Å². The van der Waals surface area contributed by atoms with Crippen molar-refractivity contribution in [2.24, 2.45) is 27.7 Å². The summed E-state index contributed by atoms with van der Waals surface area (Å²) in [7, 11) is 0. The molecule has 3 aliphatic rings. The van der Waals surface area contributed by atoms with Crippen LogP contribution in [0.1, 0.15) is 68.7 Å². The molecule has 0 spiro atoms. The molecule has 5 atom stereocenters. The maximum atomic E-state index is 13.6. The number of aliphatic imine (C=N–C) groups is 2. The molecule has 1 amide bonds. The van der Waals surface area contributed by atoms with Gasteiger partial charge in [0.1, 0.15) is 22.3 Å². The van der Waals surface area contributed by atoms with Crippen molar-refractivity contribution in [1.82, 2.24) is 5.32 Å². The fraction of sp³-hybridized carbons (Fsp3) is 0.792. The molecule has 2 aliphatic carbocycles. The molecule has 10 heteroatoms. The van der Waals surface area contributed by atoms with E-state index in [0.717, 1.165) is 0 Å². The summed E-state index contributed by atoms with van der Waals surface area (Å²) in [5.41, 5.74) is -3.64. The molecule has 0 aromatic rings. The van der Waals surface area contributed by atoms with Gasteiger partial charge in [-0.3, -0.25) is 9.79 Å². The zero-order valence-electron chi connectivity index (χ0n) is 21.6. The van der Waals surface area contributed by atoms with Crippen LogP contribution >= 0.6 is 11.8 Å². The first-order chi connectivity index (χ1) is 15.4. The Morgan fingerprint density at radius 1 is 0.971 bits per heavy atom. The topological polar surface area (TPSA) is 116 Å². The lowest BCUT2D eigenvalue weighted by atomic mass is 9.89. The summed E-state index contributed by atoms with van der Waals surface area (Å²) in [6.07, 6.45) is 1.26. The lowest BCUT2D eigenvalue weighted by molar-refractivity contribution is -0.165. The lowest BCUT2D eigenvalue weighted by Gasteiger charge is -2.35. The number of amides is 1. The fourth-order valence-corrected chi connectivity index (χ4v) is 5.95. The van der Waals surface area contributed by atoms with Crippen molar-refractivity contribution in [1.29, 1.82) is 0 Å². The Hall–Kier alpha value is -2.10. The molecule has 3 rings (SSSR count). The van der Waals surface area contributed by atoms with Crippen molar-refractivity contribution in [3.8, 4) is 0 Å². The number of carbonyl (C=O) groups excluding carboxylic acids is 3. The van der Waals surface area contributed by atoms with Crippen LogP contribution in [-0.2, 0) is 23.8 Å². The second-order valence-corrected chi connectivity index (χ2v) is 13.3. The zero-order valence-corrected chi connectivity index (χ0v) is 22.4. The van der Waals surface area contributed by atoms with E-state index in [1.807, 2.05) is 0 Å². The third-order valence-corrected chi connectivity index (χ3v) is 6.76. The average Bonchev–Trinajstić information content (AvgIpc) is 3.00. The Bertz CT molecular complexity index is 911. The number of nitrogens with zero attached hydrogens (tertiary/aromatic N) is 2. The van der Waals surface area contributed by atoms with Crippen molar-refractivity contribution >= 4 is 41.2 Å². The highest BCUT2D eigenvalue weighted by Crippen LogP contribution is 2.66. The third kappa shape index (κ3) is 6.12. The fourth-order valence-electron chi connectivity index (χ4n) is 4.56. The van der Waals surface area contributed by atoms with Gasteiger partial charge in [-0.1, -0.05) is 11.8 Å². The molecule has 1 aliphatic heterocycles. The number of fused-ring (bicyclic) bond motifs is 1. The van der Waals surface area contributed by atoms with Gasteiger partial charge in [-0.15, -0.1) is 0 Å². The second kappa shape index (κ2) is 8.84. The Morgan fingerprint density at radius 2 is 1.56 bits per heavy atom. The highest BCUT2D eigenvalue weighted by atomic mass is 32.2. The number of hydrogen-bond acceptors (Lipinski definition) is 9. The van der Waals surface area contributed by atoms with Crippen molar-refractivity contribution < 1.29 is 28.6 Å². The minimum absolute atomic E-state index is 0.182. The molecule has 190 valence electrons. The van der Waals surface area contributed by atoms with Gasteiger partial charge >= 0.3 is 18.0 Å². The Morgan fingerprint density at radius 3 is 2.06 bits per heavy atom. The number of carbonyl (C=O) groups is 3. The second-order valence-electron chi connectivity index (χ2n) is 12.1. The molecule has 2 fully saturated rings. The number of rotatable bonds is 4. The summed E-state index contributed by atoms with van der Waals surface area (Å²) in [6, 6.07) is 0. The van der Waals surface area contributed by atoms with Crippen LogP contribution < -0.4 is 5.32 Å². The van der Waals surface area contributed by atoms with E-state index < -0.39 is 46.2 Å². The summed E-state index contributed by atoms with van der Waals surface area (Å²) in [6.45, 7) is 16.5. The molecule has 0 saturated heterocycles. The van der Waals surface area contributed by atoms with Gasteiger partial charge < -0.3 is 19.5 Å². The Labute approximate surface area is 205 Å². The van der Waals surface area contributed by atoms with E-state index in [0.29, 0.717) is 11.7 Å². The Kier molecular flexibility index (Phi) is 6.89. The lowest BCUT2D eigenvalue weighted by Crippen LogP contribution is -2.59. The first-order valence-corrected chi connectivity index (χ1v) is 12.5. The normalized spacial score (nSPS) is 30.3. The molecule has 9 nitrogen and oxygen atoms in total. The van der Waals surface area contributed by atoms with Crippen LogP contribution in [0.3, 0.4) is 0 Å². The third-order valence-electron chi connectivity index (χ3n) is 5.53. The molecule has 0 unspecified atom stereocenters. The van der Waals surface area contributed by atoms with Crippen LogP contribution in [0, 0.1) is 17.8 Å². The van der Waals surface area contributed by atoms with E-state index in [1.54, 1.807) is 68.5 Å². The van der Waals surface area contributed by atoms with Gasteiger partial charge in [-0.2, -0.15) is 0 Å². The van der Waals surface area contributed by atoms with Gasteiger partial charge in [0.25, 0.3) is 0 Å². The quantitative estimate of drug-likeness (QED) is 0.466. The van der Waals surface area contributed by atoms with E-state index in [-0.39, 0.29) is 23.6 Å². The van der Waals surface area contributed by atoms with E-state index in [4.69, 9.17) is 14.2 Å². The molecule has 0 aromatic carbocycles. The summed E-state index contributed by atoms with van der Waals surface area (Å²) in [5, 5.41) is 3.26.